The minimum Gasteiger partial charge on any atom is -0.472 e. The first-order valence-corrected chi connectivity index (χ1v) is 6.85. The van der Waals surface area contributed by atoms with Crippen LogP contribution in [-0.2, 0) is 6.54 Å². The van der Waals surface area contributed by atoms with Crippen molar-refractivity contribution in [2.45, 2.75) is 19.9 Å². The van der Waals surface area contributed by atoms with Crippen LogP contribution in [0.1, 0.15) is 18.9 Å². The van der Waals surface area contributed by atoms with Crippen molar-refractivity contribution in [1.82, 2.24) is 0 Å². The van der Waals surface area contributed by atoms with E-state index in [2.05, 4.69) is 12.2 Å². The third-order valence-electron chi connectivity index (χ3n) is 3.13. The van der Waals surface area contributed by atoms with Gasteiger partial charge in [0.25, 0.3) is 5.69 Å². The zero-order valence-electron chi connectivity index (χ0n) is 12.2. The van der Waals surface area contributed by atoms with Crippen molar-refractivity contribution in [3.63, 3.8) is 0 Å². The summed E-state index contributed by atoms with van der Waals surface area (Å²) in [4.78, 5) is 12.6. The van der Waals surface area contributed by atoms with Gasteiger partial charge in [0.15, 0.2) is 0 Å². The average molecular weight is 289 g/mol. The summed E-state index contributed by atoms with van der Waals surface area (Å²) in [5.74, 6) is 0. The Morgan fingerprint density at radius 3 is 2.81 bits per heavy atom. The number of non-ortho nitro benzene ring substituents is 1. The first kappa shape index (κ1) is 14.9. The molecule has 1 heterocycles. The Labute approximate surface area is 123 Å². The van der Waals surface area contributed by atoms with Crippen LogP contribution in [0, 0.1) is 10.1 Å². The van der Waals surface area contributed by atoms with Gasteiger partial charge in [0.1, 0.15) is 0 Å². The van der Waals surface area contributed by atoms with Gasteiger partial charge >= 0.3 is 0 Å². The summed E-state index contributed by atoms with van der Waals surface area (Å²) in [7, 11) is 1.90. The molecule has 1 aromatic carbocycles. The Morgan fingerprint density at radius 1 is 1.38 bits per heavy atom. The molecule has 2 rings (SSSR count). The molecule has 0 aliphatic heterocycles. The highest BCUT2D eigenvalue weighted by molar-refractivity contribution is 5.64. The van der Waals surface area contributed by atoms with Crippen LogP contribution in [0.3, 0.4) is 0 Å². The van der Waals surface area contributed by atoms with Gasteiger partial charge in [-0.1, -0.05) is 6.92 Å². The first-order valence-electron chi connectivity index (χ1n) is 6.85. The molecule has 6 nitrogen and oxygen atoms in total. The molecular formula is C15H19N3O3. The van der Waals surface area contributed by atoms with E-state index >= 15 is 0 Å². The topological polar surface area (TPSA) is 71.5 Å². The van der Waals surface area contributed by atoms with Crippen molar-refractivity contribution < 1.29 is 9.34 Å². The number of nitro groups is 1. The van der Waals surface area contributed by atoms with Crippen LogP contribution in [0.5, 0.6) is 0 Å². The van der Waals surface area contributed by atoms with Crippen LogP contribution in [0.2, 0.25) is 0 Å². The standard InChI is InChI=1S/C15H19N3O3/c1-3-5-16-13-7-14(9-15(8-13)18(19)20)17(2)10-12-4-6-21-11-12/h4,6-9,11,16H,3,5,10H2,1-2H3. The summed E-state index contributed by atoms with van der Waals surface area (Å²) >= 11 is 0. The van der Waals surface area contributed by atoms with Gasteiger partial charge in [0.05, 0.1) is 17.4 Å². The molecule has 0 fully saturated rings. The zero-order valence-corrected chi connectivity index (χ0v) is 12.2. The van der Waals surface area contributed by atoms with Crippen LogP contribution >= 0.6 is 0 Å². The maximum Gasteiger partial charge on any atom is 0.273 e. The summed E-state index contributed by atoms with van der Waals surface area (Å²) < 4.78 is 5.04. The largest absolute Gasteiger partial charge is 0.472 e. The predicted octanol–water partition coefficient (Wildman–Crippen LogP) is 3.65. The molecule has 0 aliphatic rings. The lowest BCUT2D eigenvalue weighted by atomic mass is 10.2. The Kier molecular flexibility index (Phi) is 4.81. The summed E-state index contributed by atoms with van der Waals surface area (Å²) in [6.07, 6.45) is 4.25. The normalized spacial score (nSPS) is 10.4. The quantitative estimate of drug-likeness (QED) is 0.622. The third-order valence-corrected chi connectivity index (χ3v) is 3.13. The molecule has 0 spiro atoms. The van der Waals surface area contributed by atoms with Gasteiger partial charge in [-0.2, -0.15) is 0 Å². The maximum absolute atomic E-state index is 11.1. The van der Waals surface area contributed by atoms with Gasteiger partial charge in [0.2, 0.25) is 0 Å². The van der Waals surface area contributed by atoms with E-state index in [1.165, 1.54) is 0 Å². The highest BCUT2D eigenvalue weighted by Gasteiger charge is 2.12. The van der Waals surface area contributed by atoms with Crippen molar-refractivity contribution in [1.29, 1.82) is 0 Å². The van der Waals surface area contributed by atoms with Crippen LogP contribution in [0.15, 0.2) is 41.2 Å². The number of hydrogen-bond acceptors (Lipinski definition) is 5. The maximum atomic E-state index is 11.1. The van der Waals surface area contributed by atoms with Crippen LogP contribution in [-0.4, -0.2) is 18.5 Å². The molecule has 0 radical (unpaired) electrons. The minimum atomic E-state index is -0.369. The lowest BCUT2D eigenvalue weighted by molar-refractivity contribution is -0.384. The number of nitrogens with zero attached hydrogens (tertiary/aromatic N) is 2. The Balaban J connectivity index is 2.23. The summed E-state index contributed by atoms with van der Waals surface area (Å²) in [5.41, 5.74) is 2.67. The second-order valence-electron chi connectivity index (χ2n) is 4.91. The fourth-order valence-corrected chi connectivity index (χ4v) is 2.04. The molecule has 1 aromatic heterocycles. The van der Waals surface area contributed by atoms with Crippen LogP contribution < -0.4 is 10.2 Å². The van der Waals surface area contributed by atoms with E-state index in [0.29, 0.717) is 6.54 Å². The van der Waals surface area contributed by atoms with E-state index in [4.69, 9.17) is 4.42 Å². The SMILES string of the molecule is CCCNc1cc(N(C)Cc2ccoc2)cc([N+](=O)[O-])c1. The van der Waals surface area contributed by atoms with Gasteiger partial charge in [-0.25, -0.2) is 0 Å². The molecule has 0 unspecified atom stereocenters. The number of benzene rings is 1. The molecule has 0 aliphatic carbocycles. The lowest BCUT2D eigenvalue weighted by Crippen LogP contribution is -2.16. The number of nitro benzene ring substituents is 1. The van der Waals surface area contributed by atoms with Crippen molar-refractivity contribution in [2.75, 3.05) is 23.8 Å². The summed E-state index contributed by atoms with van der Waals surface area (Å²) in [6.45, 7) is 3.47. The Hall–Kier alpha value is -2.50. The lowest BCUT2D eigenvalue weighted by Gasteiger charge is -2.19. The fraction of sp³-hybridized carbons (Fsp3) is 0.333. The van der Waals surface area contributed by atoms with Crippen LogP contribution in [0.4, 0.5) is 17.1 Å². The number of anilines is 2. The van der Waals surface area contributed by atoms with E-state index in [1.807, 2.05) is 24.1 Å². The number of nitrogens with one attached hydrogen (secondary N) is 1. The molecule has 0 atom stereocenters. The Morgan fingerprint density at radius 2 is 2.19 bits per heavy atom. The molecule has 2 aromatic rings. The van der Waals surface area contributed by atoms with Gasteiger partial charge in [0, 0.05) is 49.2 Å². The zero-order chi connectivity index (χ0) is 15.2. The molecule has 0 bridgehead atoms. The fourth-order valence-electron chi connectivity index (χ4n) is 2.04. The second kappa shape index (κ2) is 6.78. The second-order valence-corrected chi connectivity index (χ2v) is 4.91. The smallest absolute Gasteiger partial charge is 0.273 e. The highest BCUT2D eigenvalue weighted by Crippen LogP contribution is 2.27. The monoisotopic (exact) mass is 289 g/mol. The molecule has 112 valence electrons. The van der Waals surface area contributed by atoms with Gasteiger partial charge in [-0.15, -0.1) is 0 Å². The number of furan rings is 1. The van der Waals surface area contributed by atoms with E-state index < -0.39 is 0 Å². The van der Waals surface area contributed by atoms with Crippen molar-refractivity contribution in [2.24, 2.45) is 0 Å². The molecule has 0 saturated carbocycles. The van der Waals surface area contributed by atoms with Crippen molar-refractivity contribution in [3.8, 4) is 0 Å². The average Bonchev–Trinajstić information content (AvgIpc) is 2.97. The van der Waals surface area contributed by atoms with Gasteiger partial charge < -0.3 is 14.6 Å². The van der Waals surface area contributed by atoms with Gasteiger partial charge in [-0.05, 0) is 18.6 Å². The van der Waals surface area contributed by atoms with E-state index in [0.717, 1.165) is 29.9 Å². The molecule has 21 heavy (non-hydrogen) atoms. The Bertz CT molecular complexity index is 596. The summed E-state index contributed by atoms with van der Waals surface area (Å²) in [5, 5.41) is 14.3. The third kappa shape index (κ3) is 3.98. The molecule has 1 N–H and O–H groups in total. The van der Waals surface area contributed by atoms with Gasteiger partial charge in [-0.3, -0.25) is 10.1 Å². The summed E-state index contributed by atoms with van der Waals surface area (Å²) in [6, 6.07) is 6.94. The minimum absolute atomic E-state index is 0.0881. The predicted molar refractivity (Wildman–Crippen MR) is 82.7 cm³/mol. The van der Waals surface area contributed by atoms with Crippen LogP contribution in [0.25, 0.3) is 0 Å². The van der Waals surface area contributed by atoms with E-state index in [-0.39, 0.29) is 10.6 Å². The molecule has 6 heteroatoms. The molecular weight excluding hydrogens is 270 g/mol. The number of rotatable bonds is 7. The molecule has 0 amide bonds. The van der Waals surface area contributed by atoms with Crippen molar-refractivity contribution >= 4 is 17.1 Å². The number of hydrogen-bond donors (Lipinski definition) is 1. The van der Waals surface area contributed by atoms with Crippen molar-refractivity contribution in [3.05, 3.63) is 52.5 Å². The van der Waals surface area contributed by atoms with E-state index in [9.17, 15) is 10.1 Å². The van der Waals surface area contributed by atoms with E-state index in [1.54, 1.807) is 24.7 Å². The molecule has 0 saturated heterocycles. The highest BCUT2D eigenvalue weighted by atomic mass is 16.6. The first-order chi connectivity index (χ1) is 10.1.